The summed E-state index contributed by atoms with van der Waals surface area (Å²) in [6.45, 7) is 23.0. The van der Waals surface area contributed by atoms with E-state index in [2.05, 4.69) is 40.4 Å². The number of rotatable bonds is 4. The second-order valence-corrected chi connectivity index (χ2v) is 17.0. The maximum Gasteiger partial charge on any atom is 0.192 e. The van der Waals surface area contributed by atoms with Crippen LogP contribution in [0.15, 0.2) is 12.2 Å². The summed E-state index contributed by atoms with van der Waals surface area (Å²) in [5.74, 6) is -1.51. The molecule has 4 saturated heterocycles. The molecule has 9 heteroatoms. The van der Waals surface area contributed by atoms with Crippen LogP contribution >= 0.6 is 0 Å². The van der Waals surface area contributed by atoms with Crippen LogP contribution in [0.5, 0.6) is 0 Å². The highest BCUT2D eigenvalue weighted by atomic mass is 28.4. The molecule has 0 amide bonds. The molecule has 0 aromatic heterocycles. The predicted octanol–water partition coefficient (Wildman–Crippen LogP) is 3.48. The van der Waals surface area contributed by atoms with Gasteiger partial charge in [0.15, 0.2) is 26.2 Å². The lowest BCUT2D eigenvalue weighted by Gasteiger charge is -2.41. The van der Waals surface area contributed by atoms with Gasteiger partial charge in [-0.3, -0.25) is 0 Å². The molecule has 0 radical (unpaired) electrons. The second-order valence-electron chi connectivity index (χ2n) is 12.2. The summed E-state index contributed by atoms with van der Waals surface area (Å²) >= 11 is 0. The van der Waals surface area contributed by atoms with Gasteiger partial charge in [-0.1, -0.05) is 27.4 Å². The van der Waals surface area contributed by atoms with Gasteiger partial charge in [-0.25, -0.2) is 0 Å². The van der Waals surface area contributed by atoms with Gasteiger partial charge in [0, 0.05) is 6.42 Å². The summed E-state index contributed by atoms with van der Waals surface area (Å²) in [7, 11) is -2.13. The van der Waals surface area contributed by atoms with E-state index in [1.54, 1.807) is 0 Å². The highest BCUT2D eigenvalue weighted by Gasteiger charge is 2.58. The number of fused-ring (bicyclic) bond motifs is 2. The van der Waals surface area contributed by atoms with Gasteiger partial charge in [-0.05, 0) is 51.4 Å². The molecule has 0 aromatic carbocycles. The molecule has 8 atom stereocenters. The zero-order valence-electron chi connectivity index (χ0n) is 21.5. The molecule has 4 rings (SSSR count). The maximum atomic E-state index is 10.6. The minimum absolute atomic E-state index is 0.0327. The average molecular weight is 487 g/mol. The van der Waals surface area contributed by atoms with E-state index in [4.69, 9.17) is 32.8 Å². The Balaban J connectivity index is 1.55. The molecule has 0 aromatic rings. The molecule has 0 aliphatic carbocycles. The molecule has 4 aliphatic heterocycles. The number of hydrogen-bond donors (Lipinski definition) is 1. The van der Waals surface area contributed by atoms with Gasteiger partial charge in [0.1, 0.15) is 30.5 Å². The van der Waals surface area contributed by atoms with Crippen molar-refractivity contribution in [1.29, 1.82) is 0 Å². The molecule has 4 fully saturated rings. The van der Waals surface area contributed by atoms with Gasteiger partial charge in [0.25, 0.3) is 0 Å². The van der Waals surface area contributed by atoms with Crippen LogP contribution in [0.4, 0.5) is 0 Å². The minimum Gasteiger partial charge on any atom is -0.408 e. The van der Waals surface area contributed by atoms with Crippen molar-refractivity contribution < 1.29 is 38.0 Å². The first-order valence-electron chi connectivity index (χ1n) is 12.0. The van der Waals surface area contributed by atoms with Crippen LogP contribution < -0.4 is 0 Å². The standard InChI is InChI=1S/C24H42O8Si/c1-13-15(26-12-14(25)18-17(13)28-23(5,6)29-18)11-16-19(32-33(9,10)22(2,3)4)20-21(27-16)31-24(7,8)30-20/h14-21,25H,1,11-12H2,2-10H3/t14-,15?,16+,17+,18+,19-,20+,21+/m0/s1. The Labute approximate surface area is 199 Å². The van der Waals surface area contributed by atoms with Gasteiger partial charge >= 0.3 is 0 Å². The van der Waals surface area contributed by atoms with Gasteiger partial charge < -0.3 is 38.0 Å². The molecular formula is C24H42O8Si. The van der Waals surface area contributed by atoms with Gasteiger partial charge in [-0.15, -0.1) is 0 Å². The fourth-order valence-electron chi connectivity index (χ4n) is 4.78. The monoisotopic (exact) mass is 486 g/mol. The molecule has 33 heavy (non-hydrogen) atoms. The van der Waals surface area contributed by atoms with Crippen molar-refractivity contribution >= 4 is 8.32 Å². The Bertz CT molecular complexity index is 760. The normalized spacial score (nSPS) is 42.8. The van der Waals surface area contributed by atoms with Crippen molar-refractivity contribution in [2.75, 3.05) is 6.61 Å². The first-order valence-corrected chi connectivity index (χ1v) is 14.9. The van der Waals surface area contributed by atoms with Crippen LogP contribution in [-0.4, -0.2) is 80.6 Å². The minimum atomic E-state index is -2.13. The highest BCUT2D eigenvalue weighted by Crippen LogP contribution is 2.46. The molecule has 0 spiro atoms. The Morgan fingerprint density at radius 1 is 1.03 bits per heavy atom. The van der Waals surface area contributed by atoms with Crippen molar-refractivity contribution in [3.8, 4) is 0 Å². The lowest BCUT2D eigenvalue weighted by atomic mass is 9.94. The van der Waals surface area contributed by atoms with Crippen LogP contribution in [0.1, 0.15) is 54.9 Å². The molecule has 4 aliphatic rings. The molecular weight excluding hydrogens is 444 g/mol. The predicted molar refractivity (Wildman–Crippen MR) is 124 cm³/mol. The van der Waals surface area contributed by atoms with Crippen LogP contribution in [0.3, 0.4) is 0 Å². The van der Waals surface area contributed by atoms with E-state index in [0.29, 0.717) is 6.42 Å². The Morgan fingerprint density at radius 3 is 2.27 bits per heavy atom. The zero-order valence-corrected chi connectivity index (χ0v) is 22.5. The van der Waals surface area contributed by atoms with Crippen LogP contribution in [-0.2, 0) is 32.8 Å². The van der Waals surface area contributed by atoms with Gasteiger partial charge in [0.2, 0.25) is 0 Å². The second kappa shape index (κ2) is 8.35. The lowest BCUT2D eigenvalue weighted by molar-refractivity contribution is -0.217. The Kier molecular flexibility index (Phi) is 6.51. The lowest BCUT2D eigenvalue weighted by Crippen LogP contribution is -2.50. The molecule has 8 nitrogen and oxygen atoms in total. The highest BCUT2D eigenvalue weighted by molar-refractivity contribution is 6.74. The van der Waals surface area contributed by atoms with E-state index in [0.717, 1.165) is 5.57 Å². The smallest absolute Gasteiger partial charge is 0.192 e. The molecule has 4 heterocycles. The van der Waals surface area contributed by atoms with E-state index in [1.807, 2.05) is 27.7 Å². The van der Waals surface area contributed by atoms with Crippen molar-refractivity contribution in [1.82, 2.24) is 0 Å². The van der Waals surface area contributed by atoms with Crippen LogP contribution in [0.2, 0.25) is 18.1 Å². The third-order valence-electron chi connectivity index (χ3n) is 7.53. The van der Waals surface area contributed by atoms with Crippen molar-refractivity contribution in [3.63, 3.8) is 0 Å². The first kappa shape index (κ1) is 25.7. The van der Waals surface area contributed by atoms with Crippen molar-refractivity contribution in [2.45, 2.75) is 134 Å². The Morgan fingerprint density at radius 2 is 1.64 bits per heavy atom. The van der Waals surface area contributed by atoms with Crippen molar-refractivity contribution in [3.05, 3.63) is 12.2 Å². The molecule has 0 bridgehead atoms. The summed E-state index contributed by atoms with van der Waals surface area (Å²) in [6, 6.07) is 0. The summed E-state index contributed by atoms with van der Waals surface area (Å²) in [5.41, 5.74) is 0.746. The average Bonchev–Trinajstić information content (AvgIpc) is 3.22. The fraction of sp³-hybridized carbons (Fsp3) is 0.917. The number of ether oxygens (including phenoxy) is 6. The first-order chi connectivity index (χ1) is 15.0. The van der Waals surface area contributed by atoms with E-state index >= 15 is 0 Å². The van der Waals surface area contributed by atoms with Gasteiger partial charge in [0.05, 0.1) is 18.8 Å². The molecule has 190 valence electrons. The van der Waals surface area contributed by atoms with E-state index in [-0.39, 0.29) is 36.1 Å². The van der Waals surface area contributed by atoms with Crippen LogP contribution in [0.25, 0.3) is 0 Å². The summed E-state index contributed by atoms with van der Waals surface area (Å²) in [5, 5.41) is 10.6. The van der Waals surface area contributed by atoms with Crippen molar-refractivity contribution in [2.24, 2.45) is 0 Å². The SMILES string of the molecule is C=C1C(C[C@H]2O[C@@H]3OC(C)(C)O[C@@H]3[C@H]2O[Si](C)(C)C(C)(C)C)OC[C@H](O)[C@H]2OC(C)(C)O[C@H]12. The van der Waals surface area contributed by atoms with Gasteiger partial charge in [-0.2, -0.15) is 0 Å². The third kappa shape index (κ3) is 4.99. The number of aliphatic hydroxyl groups is 1. The molecule has 1 N–H and O–H groups in total. The van der Waals surface area contributed by atoms with E-state index < -0.39 is 44.5 Å². The molecule has 1 unspecified atom stereocenters. The number of aliphatic hydroxyl groups excluding tert-OH is 1. The molecule has 0 saturated carbocycles. The van der Waals surface area contributed by atoms with E-state index in [9.17, 15) is 5.11 Å². The third-order valence-corrected chi connectivity index (χ3v) is 12.0. The largest absolute Gasteiger partial charge is 0.408 e. The maximum absolute atomic E-state index is 10.6. The summed E-state index contributed by atoms with van der Waals surface area (Å²) < 4.78 is 43.6. The van der Waals surface area contributed by atoms with Crippen LogP contribution in [0, 0.1) is 0 Å². The quantitative estimate of drug-likeness (QED) is 0.478. The zero-order chi connectivity index (χ0) is 24.6. The van der Waals surface area contributed by atoms with E-state index in [1.165, 1.54) is 0 Å². The number of hydrogen-bond acceptors (Lipinski definition) is 8. The Hall–Kier alpha value is -0.363. The fourth-order valence-corrected chi connectivity index (χ4v) is 6.10. The summed E-state index contributed by atoms with van der Waals surface area (Å²) in [6.07, 6.45) is -3.06. The topological polar surface area (TPSA) is 84.8 Å². The summed E-state index contributed by atoms with van der Waals surface area (Å²) in [4.78, 5) is 0.